The number of hydrogen-bond acceptors (Lipinski definition) is 5. The lowest BCUT2D eigenvalue weighted by molar-refractivity contribution is 0.0522. The lowest BCUT2D eigenvalue weighted by Crippen LogP contribution is -2.27. The van der Waals surface area contributed by atoms with Gasteiger partial charge >= 0.3 is 6.09 Å². The second kappa shape index (κ2) is 5.05. The number of benzene rings is 1. The Morgan fingerprint density at radius 1 is 1.45 bits per heavy atom. The molecule has 0 radical (unpaired) electrons. The van der Waals surface area contributed by atoms with Crippen molar-refractivity contribution in [2.24, 2.45) is 0 Å². The van der Waals surface area contributed by atoms with Crippen LogP contribution in [0.15, 0.2) is 18.2 Å². The van der Waals surface area contributed by atoms with Crippen molar-refractivity contribution in [3.05, 3.63) is 29.5 Å². The molecule has 6 heteroatoms. The van der Waals surface area contributed by atoms with Gasteiger partial charge in [-0.05, 0) is 38.5 Å². The van der Waals surface area contributed by atoms with Gasteiger partial charge in [-0.2, -0.15) is 9.78 Å². The molecule has 20 heavy (non-hydrogen) atoms. The van der Waals surface area contributed by atoms with E-state index in [1.54, 1.807) is 39.0 Å². The van der Waals surface area contributed by atoms with Crippen LogP contribution in [0.3, 0.4) is 0 Å². The van der Waals surface area contributed by atoms with Crippen molar-refractivity contribution < 1.29 is 19.4 Å². The van der Waals surface area contributed by atoms with Crippen LogP contribution < -0.4 is 0 Å². The maximum atomic E-state index is 12.1. The molecule has 0 saturated heterocycles. The fourth-order valence-corrected chi connectivity index (χ4v) is 1.82. The molecule has 0 aliphatic heterocycles. The summed E-state index contributed by atoms with van der Waals surface area (Å²) in [6, 6.07) is 4.93. The van der Waals surface area contributed by atoms with Gasteiger partial charge in [0.15, 0.2) is 6.29 Å². The first-order valence-corrected chi connectivity index (χ1v) is 6.17. The number of rotatable bonds is 2. The number of hydrogen-bond donors (Lipinski definition) is 1. The van der Waals surface area contributed by atoms with Crippen LogP contribution in [-0.4, -0.2) is 32.9 Å². The predicted octanol–water partition coefficient (Wildman–Crippen LogP) is 2.12. The summed E-state index contributed by atoms with van der Waals surface area (Å²) in [5.41, 5.74) is 0.603. The van der Waals surface area contributed by atoms with Crippen molar-refractivity contribution in [1.82, 2.24) is 9.78 Å². The predicted molar refractivity (Wildman–Crippen MR) is 72.7 cm³/mol. The maximum absolute atomic E-state index is 12.1. The standard InChI is InChI=1S/C14H16N2O4/c1-14(2,3)20-13(19)16-12-5-4-9(7-17)6-10(12)11(8-18)15-16/h4-6,8,17H,7H2,1-3H3. The fourth-order valence-electron chi connectivity index (χ4n) is 1.82. The molecule has 6 nitrogen and oxygen atoms in total. The van der Waals surface area contributed by atoms with E-state index in [9.17, 15) is 9.59 Å². The number of aldehydes is 1. The number of aliphatic hydroxyl groups excluding tert-OH is 1. The Labute approximate surface area is 116 Å². The van der Waals surface area contributed by atoms with Gasteiger partial charge in [0.25, 0.3) is 0 Å². The zero-order valence-electron chi connectivity index (χ0n) is 11.6. The van der Waals surface area contributed by atoms with Crippen molar-refractivity contribution in [1.29, 1.82) is 0 Å². The molecule has 0 aliphatic carbocycles. The number of carbonyl (C=O) groups excluding carboxylic acids is 2. The Morgan fingerprint density at radius 2 is 2.15 bits per heavy atom. The Kier molecular flexibility index (Phi) is 3.59. The van der Waals surface area contributed by atoms with Gasteiger partial charge in [-0.25, -0.2) is 4.79 Å². The fraction of sp³-hybridized carbons (Fsp3) is 0.357. The maximum Gasteiger partial charge on any atom is 0.435 e. The van der Waals surface area contributed by atoms with E-state index in [1.807, 2.05) is 0 Å². The molecular weight excluding hydrogens is 260 g/mol. The van der Waals surface area contributed by atoms with E-state index in [0.29, 0.717) is 22.8 Å². The molecule has 0 bridgehead atoms. The van der Waals surface area contributed by atoms with Gasteiger partial charge in [-0.3, -0.25) is 4.79 Å². The second-order valence-corrected chi connectivity index (χ2v) is 5.40. The van der Waals surface area contributed by atoms with Gasteiger partial charge in [-0.15, -0.1) is 0 Å². The number of nitrogens with zero attached hydrogens (tertiary/aromatic N) is 2. The van der Waals surface area contributed by atoms with E-state index in [0.717, 1.165) is 4.68 Å². The Hall–Kier alpha value is -2.21. The molecule has 1 heterocycles. The molecule has 0 spiro atoms. The third-order valence-corrected chi connectivity index (χ3v) is 2.63. The van der Waals surface area contributed by atoms with E-state index in [2.05, 4.69) is 5.10 Å². The average molecular weight is 276 g/mol. The van der Waals surface area contributed by atoms with Gasteiger partial charge in [0.1, 0.15) is 11.3 Å². The lowest BCUT2D eigenvalue weighted by atomic mass is 10.1. The monoisotopic (exact) mass is 276 g/mol. The highest BCUT2D eigenvalue weighted by Crippen LogP contribution is 2.21. The Balaban J connectivity index is 2.55. The van der Waals surface area contributed by atoms with Gasteiger partial charge in [0, 0.05) is 5.39 Å². The van der Waals surface area contributed by atoms with Crippen LogP contribution in [0.1, 0.15) is 36.8 Å². The number of carbonyl (C=O) groups is 2. The van der Waals surface area contributed by atoms with Crippen LogP contribution in [0.4, 0.5) is 4.79 Å². The normalized spacial score (nSPS) is 11.6. The van der Waals surface area contributed by atoms with Crippen LogP contribution in [-0.2, 0) is 11.3 Å². The smallest absolute Gasteiger partial charge is 0.435 e. The third kappa shape index (κ3) is 2.70. The topological polar surface area (TPSA) is 81.4 Å². The molecule has 0 atom stereocenters. The number of fused-ring (bicyclic) bond motifs is 1. The average Bonchev–Trinajstić information content (AvgIpc) is 2.74. The molecule has 0 aliphatic rings. The molecule has 0 fully saturated rings. The molecule has 2 rings (SSSR count). The third-order valence-electron chi connectivity index (χ3n) is 2.63. The summed E-state index contributed by atoms with van der Waals surface area (Å²) >= 11 is 0. The first-order valence-electron chi connectivity index (χ1n) is 6.17. The van der Waals surface area contributed by atoms with Crippen molar-refractivity contribution in [2.75, 3.05) is 0 Å². The highest BCUT2D eigenvalue weighted by molar-refractivity contribution is 5.98. The van der Waals surface area contributed by atoms with Gasteiger partial charge in [0.05, 0.1) is 12.1 Å². The van der Waals surface area contributed by atoms with Crippen LogP contribution in [0.2, 0.25) is 0 Å². The van der Waals surface area contributed by atoms with Crippen molar-refractivity contribution in [3.8, 4) is 0 Å². The molecule has 0 saturated carbocycles. The first-order chi connectivity index (χ1) is 9.35. The molecule has 2 aromatic rings. The molecule has 106 valence electrons. The lowest BCUT2D eigenvalue weighted by Gasteiger charge is -2.19. The second-order valence-electron chi connectivity index (χ2n) is 5.40. The summed E-state index contributed by atoms with van der Waals surface area (Å²) in [6.07, 6.45) is -0.0722. The molecule has 0 unspecified atom stereocenters. The highest BCUT2D eigenvalue weighted by Gasteiger charge is 2.22. The minimum atomic E-state index is -0.651. The van der Waals surface area contributed by atoms with E-state index >= 15 is 0 Å². The SMILES string of the molecule is CC(C)(C)OC(=O)n1nc(C=O)c2cc(CO)ccc21. The van der Waals surface area contributed by atoms with Crippen molar-refractivity contribution in [3.63, 3.8) is 0 Å². The zero-order chi connectivity index (χ0) is 14.9. The van der Waals surface area contributed by atoms with Crippen LogP contribution >= 0.6 is 0 Å². The largest absolute Gasteiger partial charge is 0.442 e. The summed E-state index contributed by atoms with van der Waals surface area (Å²) < 4.78 is 6.30. The van der Waals surface area contributed by atoms with E-state index in [-0.39, 0.29) is 12.3 Å². The Bertz CT molecular complexity index is 668. The Morgan fingerprint density at radius 3 is 2.70 bits per heavy atom. The van der Waals surface area contributed by atoms with E-state index in [4.69, 9.17) is 9.84 Å². The van der Waals surface area contributed by atoms with Gasteiger partial charge in [0.2, 0.25) is 0 Å². The zero-order valence-corrected chi connectivity index (χ0v) is 11.6. The molecule has 0 amide bonds. The molecule has 1 aromatic carbocycles. The van der Waals surface area contributed by atoms with E-state index in [1.165, 1.54) is 0 Å². The molecule has 1 aromatic heterocycles. The first kappa shape index (κ1) is 14.2. The van der Waals surface area contributed by atoms with Crippen LogP contribution in [0.25, 0.3) is 10.9 Å². The minimum absolute atomic E-state index is 0.140. The van der Waals surface area contributed by atoms with Gasteiger partial charge < -0.3 is 9.84 Å². The van der Waals surface area contributed by atoms with Crippen LogP contribution in [0, 0.1) is 0 Å². The quantitative estimate of drug-likeness (QED) is 0.850. The number of ether oxygens (including phenoxy) is 1. The van der Waals surface area contributed by atoms with Crippen molar-refractivity contribution >= 4 is 23.3 Å². The molecule has 1 N–H and O–H groups in total. The molecular formula is C14H16N2O4. The van der Waals surface area contributed by atoms with Gasteiger partial charge in [-0.1, -0.05) is 6.07 Å². The summed E-state index contributed by atoms with van der Waals surface area (Å²) in [5.74, 6) is 0. The summed E-state index contributed by atoms with van der Waals surface area (Å²) in [4.78, 5) is 23.1. The summed E-state index contributed by atoms with van der Waals surface area (Å²) in [7, 11) is 0. The number of aromatic nitrogens is 2. The minimum Gasteiger partial charge on any atom is -0.442 e. The summed E-state index contributed by atoms with van der Waals surface area (Å²) in [5, 5.41) is 13.6. The van der Waals surface area contributed by atoms with E-state index < -0.39 is 11.7 Å². The highest BCUT2D eigenvalue weighted by atomic mass is 16.6. The summed E-state index contributed by atoms with van der Waals surface area (Å²) in [6.45, 7) is 5.11. The van der Waals surface area contributed by atoms with Crippen LogP contribution in [0.5, 0.6) is 0 Å². The van der Waals surface area contributed by atoms with Crippen molar-refractivity contribution in [2.45, 2.75) is 33.0 Å². The number of aliphatic hydroxyl groups is 1.